The Morgan fingerprint density at radius 2 is 2.00 bits per heavy atom. The van der Waals surface area contributed by atoms with Crippen LogP contribution in [0.15, 0.2) is 16.5 Å². The molecule has 1 aliphatic rings. The van der Waals surface area contributed by atoms with E-state index in [1.165, 1.54) is 6.07 Å². The highest BCUT2D eigenvalue weighted by molar-refractivity contribution is 5.11. The molecule has 0 radical (unpaired) electrons. The summed E-state index contributed by atoms with van der Waals surface area (Å²) in [5.74, 6) is -0.692. The Balaban J connectivity index is 1.95. The highest BCUT2D eigenvalue weighted by atomic mass is 19.4. The van der Waals surface area contributed by atoms with Crippen LogP contribution in [-0.2, 0) is 12.6 Å². The molecule has 0 atom stereocenters. The lowest BCUT2D eigenvalue weighted by molar-refractivity contribution is -0.153. The Hall–Kier alpha value is -0.970. The maximum absolute atomic E-state index is 12.1. The molecule has 1 aromatic rings. The van der Waals surface area contributed by atoms with Gasteiger partial charge in [0.15, 0.2) is 0 Å². The average Bonchev–Trinajstić information content (AvgIpc) is 2.66. The molecular weight excluding hydrogens is 209 g/mol. The van der Waals surface area contributed by atoms with Crippen LogP contribution in [0.25, 0.3) is 0 Å². The summed E-state index contributed by atoms with van der Waals surface area (Å²) in [4.78, 5) is 0. The molecule has 1 aromatic heterocycles. The summed E-state index contributed by atoms with van der Waals surface area (Å²) in [7, 11) is 0. The zero-order valence-electron chi connectivity index (χ0n) is 7.97. The standard InChI is InChI=1S/C10H11F3O2/c11-10(12,13)8-2-1-7(15-8)3-4-9(14)5-6-9/h1-2,14H,3-6H2. The van der Waals surface area contributed by atoms with Crippen LogP contribution in [0, 0.1) is 0 Å². The number of alkyl halides is 3. The number of furan rings is 1. The van der Waals surface area contributed by atoms with E-state index >= 15 is 0 Å². The van der Waals surface area contributed by atoms with Crippen LogP contribution in [0.4, 0.5) is 13.2 Å². The molecule has 5 heteroatoms. The van der Waals surface area contributed by atoms with Gasteiger partial charge >= 0.3 is 6.18 Å². The summed E-state index contributed by atoms with van der Waals surface area (Å²) in [6.45, 7) is 0. The van der Waals surface area contributed by atoms with Gasteiger partial charge in [-0.2, -0.15) is 13.2 Å². The van der Waals surface area contributed by atoms with Gasteiger partial charge in [0.2, 0.25) is 5.76 Å². The van der Waals surface area contributed by atoms with Crippen molar-refractivity contribution in [2.24, 2.45) is 0 Å². The van der Waals surface area contributed by atoms with Crippen LogP contribution < -0.4 is 0 Å². The van der Waals surface area contributed by atoms with Gasteiger partial charge in [-0.05, 0) is 31.4 Å². The molecule has 0 amide bonds. The van der Waals surface area contributed by atoms with Crippen molar-refractivity contribution in [1.29, 1.82) is 0 Å². The van der Waals surface area contributed by atoms with E-state index in [2.05, 4.69) is 4.42 Å². The van der Waals surface area contributed by atoms with E-state index in [0.29, 0.717) is 12.8 Å². The molecule has 0 aromatic carbocycles. The van der Waals surface area contributed by atoms with Gasteiger partial charge < -0.3 is 9.52 Å². The highest BCUT2D eigenvalue weighted by Gasteiger charge is 2.40. The molecule has 1 N–H and O–H groups in total. The monoisotopic (exact) mass is 220 g/mol. The SMILES string of the molecule is OC1(CCc2ccc(C(F)(F)F)o2)CC1. The second-order valence-electron chi connectivity index (χ2n) is 3.99. The van der Waals surface area contributed by atoms with Crippen LogP contribution in [0.2, 0.25) is 0 Å². The summed E-state index contributed by atoms with van der Waals surface area (Å²) in [6, 6.07) is 2.24. The third-order valence-corrected chi connectivity index (χ3v) is 2.60. The quantitative estimate of drug-likeness (QED) is 0.849. The van der Waals surface area contributed by atoms with Crippen molar-refractivity contribution in [2.75, 3.05) is 0 Å². The van der Waals surface area contributed by atoms with E-state index in [0.717, 1.165) is 18.9 Å². The Morgan fingerprint density at radius 3 is 2.47 bits per heavy atom. The van der Waals surface area contributed by atoms with Gasteiger partial charge in [0.25, 0.3) is 0 Å². The van der Waals surface area contributed by atoms with E-state index < -0.39 is 17.5 Å². The molecule has 1 saturated carbocycles. The molecule has 0 saturated heterocycles. The van der Waals surface area contributed by atoms with Gasteiger partial charge in [-0.25, -0.2) is 0 Å². The fourth-order valence-electron chi connectivity index (χ4n) is 1.41. The fourth-order valence-corrected chi connectivity index (χ4v) is 1.41. The van der Waals surface area contributed by atoms with Crippen molar-refractivity contribution in [3.63, 3.8) is 0 Å². The lowest BCUT2D eigenvalue weighted by Gasteiger charge is -2.05. The minimum atomic E-state index is -4.42. The molecule has 84 valence electrons. The van der Waals surface area contributed by atoms with Gasteiger partial charge in [-0.3, -0.25) is 0 Å². The molecule has 2 nitrogen and oxygen atoms in total. The van der Waals surface area contributed by atoms with E-state index in [1.807, 2.05) is 0 Å². The number of halogens is 3. The van der Waals surface area contributed by atoms with E-state index in [9.17, 15) is 18.3 Å². The zero-order valence-corrected chi connectivity index (χ0v) is 7.97. The van der Waals surface area contributed by atoms with Crippen LogP contribution in [0.3, 0.4) is 0 Å². The van der Waals surface area contributed by atoms with E-state index in [4.69, 9.17) is 0 Å². The summed E-state index contributed by atoms with van der Waals surface area (Å²) >= 11 is 0. The smallest absolute Gasteiger partial charge is 0.449 e. The highest BCUT2D eigenvalue weighted by Crippen LogP contribution is 2.39. The summed E-state index contributed by atoms with van der Waals surface area (Å²) in [5, 5.41) is 9.49. The second kappa shape index (κ2) is 3.27. The average molecular weight is 220 g/mol. The Labute approximate surface area is 84.7 Å². The van der Waals surface area contributed by atoms with Crippen molar-refractivity contribution in [3.05, 3.63) is 23.7 Å². The van der Waals surface area contributed by atoms with Crippen LogP contribution >= 0.6 is 0 Å². The lowest BCUT2D eigenvalue weighted by Crippen LogP contribution is -2.07. The molecule has 2 rings (SSSR count). The first kappa shape index (κ1) is 10.5. The molecule has 1 fully saturated rings. The largest absolute Gasteiger partial charge is 0.457 e. The Kier molecular flexibility index (Phi) is 2.30. The van der Waals surface area contributed by atoms with Crippen LogP contribution in [0.5, 0.6) is 0 Å². The van der Waals surface area contributed by atoms with Gasteiger partial charge in [0.1, 0.15) is 5.76 Å². The predicted octanol–water partition coefficient (Wildman–Crippen LogP) is 2.76. The first-order valence-electron chi connectivity index (χ1n) is 4.77. The maximum atomic E-state index is 12.1. The number of rotatable bonds is 3. The molecule has 0 aliphatic heterocycles. The van der Waals surface area contributed by atoms with Crippen molar-refractivity contribution < 1.29 is 22.7 Å². The van der Waals surface area contributed by atoms with Crippen molar-refractivity contribution in [1.82, 2.24) is 0 Å². The number of aliphatic hydroxyl groups is 1. The molecule has 0 bridgehead atoms. The van der Waals surface area contributed by atoms with Gasteiger partial charge in [-0.1, -0.05) is 0 Å². The molecule has 1 heterocycles. The number of hydrogen-bond donors (Lipinski definition) is 1. The fraction of sp³-hybridized carbons (Fsp3) is 0.600. The zero-order chi connectivity index (χ0) is 11.1. The maximum Gasteiger partial charge on any atom is 0.449 e. The number of hydrogen-bond acceptors (Lipinski definition) is 2. The molecule has 0 unspecified atom stereocenters. The first-order chi connectivity index (χ1) is 6.89. The van der Waals surface area contributed by atoms with Crippen molar-refractivity contribution in [3.8, 4) is 0 Å². The van der Waals surface area contributed by atoms with Crippen LogP contribution in [0.1, 0.15) is 30.8 Å². The minimum Gasteiger partial charge on any atom is -0.457 e. The third kappa shape index (κ3) is 2.53. The normalized spacial score (nSPS) is 19.2. The topological polar surface area (TPSA) is 33.4 Å². The molecule has 15 heavy (non-hydrogen) atoms. The van der Waals surface area contributed by atoms with Crippen LogP contribution in [-0.4, -0.2) is 10.7 Å². The lowest BCUT2D eigenvalue weighted by atomic mass is 10.1. The third-order valence-electron chi connectivity index (χ3n) is 2.60. The van der Waals surface area contributed by atoms with Gasteiger partial charge in [0, 0.05) is 6.42 Å². The van der Waals surface area contributed by atoms with Gasteiger partial charge in [-0.15, -0.1) is 0 Å². The predicted molar refractivity (Wildman–Crippen MR) is 46.2 cm³/mol. The molecular formula is C10H11F3O2. The minimum absolute atomic E-state index is 0.280. The van der Waals surface area contributed by atoms with Crippen molar-refractivity contribution in [2.45, 2.75) is 37.5 Å². The number of aryl methyl sites for hydroxylation is 1. The first-order valence-corrected chi connectivity index (χ1v) is 4.77. The Morgan fingerprint density at radius 1 is 1.33 bits per heavy atom. The Bertz CT molecular complexity index is 350. The van der Waals surface area contributed by atoms with E-state index in [-0.39, 0.29) is 5.76 Å². The van der Waals surface area contributed by atoms with Crippen molar-refractivity contribution >= 4 is 0 Å². The second-order valence-corrected chi connectivity index (χ2v) is 3.99. The molecule has 0 spiro atoms. The molecule has 1 aliphatic carbocycles. The summed E-state index contributed by atoms with van der Waals surface area (Å²) < 4.78 is 41.1. The summed E-state index contributed by atoms with van der Waals surface area (Å²) in [5.41, 5.74) is -0.648. The van der Waals surface area contributed by atoms with E-state index in [1.54, 1.807) is 0 Å². The van der Waals surface area contributed by atoms with Gasteiger partial charge in [0.05, 0.1) is 5.60 Å². The summed E-state index contributed by atoms with van der Waals surface area (Å²) in [6.07, 6.45) is -2.13.